The lowest BCUT2D eigenvalue weighted by molar-refractivity contribution is 0.598. The maximum atomic E-state index is 13.0. The fraction of sp³-hybridized carbons (Fsp3) is 0.143. The molecule has 2 aromatic rings. The molecule has 0 saturated heterocycles. The van der Waals surface area contributed by atoms with Crippen molar-refractivity contribution in [2.24, 2.45) is 0 Å². The fourth-order valence-corrected chi connectivity index (χ4v) is 3.34. The molecule has 0 atom stereocenters. The second-order valence-corrected chi connectivity index (χ2v) is 6.56. The van der Waals surface area contributed by atoms with Gasteiger partial charge in [0, 0.05) is 5.02 Å². The first-order chi connectivity index (χ1) is 9.29. The minimum atomic E-state index is -3.78. The van der Waals surface area contributed by atoms with Gasteiger partial charge in [-0.2, -0.15) is 0 Å². The zero-order valence-electron chi connectivity index (χ0n) is 10.9. The number of sulfonamides is 1. The molecule has 0 aliphatic rings. The summed E-state index contributed by atoms with van der Waals surface area (Å²) >= 11 is 5.86. The maximum absolute atomic E-state index is 13.0. The Morgan fingerprint density at radius 2 is 1.75 bits per heavy atom. The number of halogens is 2. The van der Waals surface area contributed by atoms with Gasteiger partial charge < -0.3 is 0 Å². The van der Waals surface area contributed by atoms with E-state index < -0.39 is 15.8 Å². The highest BCUT2D eigenvalue weighted by atomic mass is 35.5. The van der Waals surface area contributed by atoms with Crippen molar-refractivity contribution in [1.29, 1.82) is 0 Å². The summed E-state index contributed by atoms with van der Waals surface area (Å²) in [5.41, 5.74) is 1.50. The second-order valence-electron chi connectivity index (χ2n) is 4.47. The Kier molecular flexibility index (Phi) is 4.01. The van der Waals surface area contributed by atoms with Gasteiger partial charge >= 0.3 is 0 Å². The van der Waals surface area contributed by atoms with Crippen LogP contribution in [0.3, 0.4) is 0 Å². The minimum Gasteiger partial charge on any atom is -0.279 e. The number of anilines is 1. The maximum Gasteiger partial charge on any atom is 0.262 e. The molecule has 0 heterocycles. The first kappa shape index (κ1) is 14.8. The van der Waals surface area contributed by atoms with Crippen LogP contribution in [-0.2, 0) is 10.0 Å². The van der Waals surface area contributed by atoms with Crippen molar-refractivity contribution in [3.05, 3.63) is 58.4 Å². The molecule has 0 radical (unpaired) electrons. The summed E-state index contributed by atoms with van der Waals surface area (Å²) in [4.78, 5) is 0.0401. The molecular weight excluding hydrogens is 301 g/mol. The van der Waals surface area contributed by atoms with Crippen LogP contribution < -0.4 is 4.72 Å². The van der Waals surface area contributed by atoms with Crippen molar-refractivity contribution in [3.63, 3.8) is 0 Å². The van der Waals surface area contributed by atoms with E-state index in [-0.39, 0.29) is 4.90 Å². The summed E-state index contributed by atoms with van der Waals surface area (Å²) in [5.74, 6) is -0.472. The summed E-state index contributed by atoms with van der Waals surface area (Å²) in [5, 5.41) is 0.434. The Labute approximate surface area is 122 Å². The normalized spacial score (nSPS) is 11.4. The Morgan fingerprint density at radius 1 is 1.05 bits per heavy atom. The van der Waals surface area contributed by atoms with E-state index in [1.807, 2.05) is 0 Å². The Hall–Kier alpha value is -1.59. The SMILES string of the molecule is Cc1ccc(Cl)cc1NS(=O)(=O)c1ccc(F)cc1C. The molecule has 0 saturated carbocycles. The highest BCUT2D eigenvalue weighted by Gasteiger charge is 2.18. The lowest BCUT2D eigenvalue weighted by Crippen LogP contribution is -2.15. The number of hydrogen-bond acceptors (Lipinski definition) is 2. The van der Waals surface area contributed by atoms with Crippen LogP contribution in [0.1, 0.15) is 11.1 Å². The van der Waals surface area contributed by atoms with E-state index in [0.717, 1.165) is 11.6 Å². The molecule has 0 fully saturated rings. The average molecular weight is 314 g/mol. The average Bonchev–Trinajstić information content (AvgIpc) is 2.33. The second kappa shape index (κ2) is 5.42. The lowest BCUT2D eigenvalue weighted by Gasteiger charge is -2.12. The lowest BCUT2D eigenvalue weighted by atomic mass is 10.2. The minimum absolute atomic E-state index is 0.0401. The molecule has 0 unspecified atom stereocenters. The zero-order valence-corrected chi connectivity index (χ0v) is 12.5. The first-order valence-electron chi connectivity index (χ1n) is 5.85. The summed E-state index contributed by atoms with van der Waals surface area (Å²) in [6.07, 6.45) is 0. The standard InChI is InChI=1S/C14H13ClFNO2S/c1-9-3-4-11(15)8-13(9)17-20(18,19)14-6-5-12(16)7-10(14)2/h3-8,17H,1-2H3. The largest absolute Gasteiger partial charge is 0.279 e. The van der Waals surface area contributed by atoms with Crippen LogP contribution in [0.5, 0.6) is 0 Å². The van der Waals surface area contributed by atoms with Crippen LogP contribution in [0.25, 0.3) is 0 Å². The van der Waals surface area contributed by atoms with Gasteiger partial charge in [-0.05, 0) is 55.3 Å². The van der Waals surface area contributed by atoms with Gasteiger partial charge in [0.2, 0.25) is 0 Å². The molecular formula is C14H13ClFNO2S. The molecule has 106 valence electrons. The molecule has 0 aliphatic heterocycles. The summed E-state index contributed by atoms with van der Waals surface area (Å²) < 4.78 is 40.2. The predicted octanol–water partition coefficient (Wildman–Crippen LogP) is 3.90. The van der Waals surface area contributed by atoms with E-state index in [2.05, 4.69) is 4.72 Å². The zero-order chi connectivity index (χ0) is 14.9. The molecule has 0 aliphatic carbocycles. The van der Waals surface area contributed by atoms with Gasteiger partial charge in [-0.3, -0.25) is 4.72 Å². The third-order valence-corrected chi connectivity index (χ3v) is 4.63. The monoisotopic (exact) mass is 313 g/mol. The number of nitrogens with one attached hydrogen (secondary N) is 1. The third kappa shape index (κ3) is 3.11. The van der Waals surface area contributed by atoms with E-state index in [1.165, 1.54) is 18.2 Å². The van der Waals surface area contributed by atoms with Gasteiger partial charge in [-0.15, -0.1) is 0 Å². The fourth-order valence-electron chi connectivity index (χ4n) is 1.82. The van der Waals surface area contributed by atoms with Crippen molar-refractivity contribution in [1.82, 2.24) is 0 Å². The van der Waals surface area contributed by atoms with Gasteiger partial charge in [0.05, 0.1) is 10.6 Å². The molecule has 0 amide bonds. The molecule has 2 rings (SSSR count). The Balaban J connectivity index is 2.43. The molecule has 0 bridgehead atoms. The molecule has 0 aromatic heterocycles. The molecule has 3 nitrogen and oxygen atoms in total. The van der Waals surface area contributed by atoms with E-state index in [9.17, 15) is 12.8 Å². The smallest absolute Gasteiger partial charge is 0.262 e. The van der Waals surface area contributed by atoms with Crippen LogP contribution in [0.15, 0.2) is 41.3 Å². The highest BCUT2D eigenvalue weighted by Crippen LogP contribution is 2.24. The van der Waals surface area contributed by atoms with Crippen molar-refractivity contribution in [3.8, 4) is 0 Å². The van der Waals surface area contributed by atoms with Gasteiger partial charge in [0.15, 0.2) is 0 Å². The molecule has 0 spiro atoms. The summed E-state index contributed by atoms with van der Waals surface area (Å²) in [6, 6.07) is 8.47. The number of rotatable bonds is 3. The van der Waals surface area contributed by atoms with Crippen LogP contribution in [0.4, 0.5) is 10.1 Å². The highest BCUT2D eigenvalue weighted by molar-refractivity contribution is 7.92. The van der Waals surface area contributed by atoms with Crippen molar-refractivity contribution in [2.75, 3.05) is 4.72 Å². The van der Waals surface area contributed by atoms with E-state index >= 15 is 0 Å². The van der Waals surface area contributed by atoms with Gasteiger partial charge in [0.25, 0.3) is 10.0 Å². The molecule has 6 heteroatoms. The van der Waals surface area contributed by atoms with Crippen LogP contribution in [0, 0.1) is 19.7 Å². The van der Waals surface area contributed by atoms with Crippen LogP contribution >= 0.6 is 11.6 Å². The molecule has 20 heavy (non-hydrogen) atoms. The van der Waals surface area contributed by atoms with E-state index in [1.54, 1.807) is 26.0 Å². The Morgan fingerprint density at radius 3 is 2.40 bits per heavy atom. The molecule has 1 N–H and O–H groups in total. The quantitative estimate of drug-likeness (QED) is 0.934. The third-order valence-electron chi connectivity index (χ3n) is 2.87. The van der Waals surface area contributed by atoms with E-state index in [0.29, 0.717) is 16.3 Å². The van der Waals surface area contributed by atoms with Crippen molar-refractivity contribution >= 4 is 27.3 Å². The molecule has 2 aromatic carbocycles. The van der Waals surface area contributed by atoms with E-state index in [4.69, 9.17) is 11.6 Å². The van der Waals surface area contributed by atoms with Crippen molar-refractivity contribution in [2.45, 2.75) is 18.7 Å². The van der Waals surface area contributed by atoms with Gasteiger partial charge in [-0.25, -0.2) is 12.8 Å². The predicted molar refractivity (Wildman–Crippen MR) is 78.1 cm³/mol. The Bertz CT molecular complexity index is 760. The van der Waals surface area contributed by atoms with Crippen LogP contribution in [0.2, 0.25) is 5.02 Å². The number of benzene rings is 2. The summed E-state index contributed by atoms with van der Waals surface area (Å²) in [7, 11) is -3.78. The van der Waals surface area contributed by atoms with Crippen molar-refractivity contribution < 1.29 is 12.8 Å². The summed E-state index contributed by atoms with van der Waals surface area (Å²) in [6.45, 7) is 3.31. The number of hydrogen-bond donors (Lipinski definition) is 1. The van der Waals surface area contributed by atoms with Gasteiger partial charge in [-0.1, -0.05) is 17.7 Å². The number of aryl methyl sites for hydroxylation is 2. The first-order valence-corrected chi connectivity index (χ1v) is 7.71. The van der Waals surface area contributed by atoms with Crippen LogP contribution in [-0.4, -0.2) is 8.42 Å². The van der Waals surface area contributed by atoms with Gasteiger partial charge in [0.1, 0.15) is 5.82 Å². The topological polar surface area (TPSA) is 46.2 Å².